The third kappa shape index (κ3) is 6.15. The highest BCUT2D eigenvalue weighted by atomic mass is 35.5. The summed E-state index contributed by atoms with van der Waals surface area (Å²) < 4.78 is 11.1. The van der Waals surface area contributed by atoms with Crippen LogP contribution in [-0.4, -0.2) is 30.6 Å². The highest BCUT2D eigenvalue weighted by molar-refractivity contribution is 5.92. The van der Waals surface area contributed by atoms with E-state index >= 15 is 0 Å². The monoisotopic (exact) mass is 365 g/mol. The van der Waals surface area contributed by atoms with E-state index in [0.717, 1.165) is 17.1 Å². The van der Waals surface area contributed by atoms with Crippen molar-refractivity contribution in [2.75, 3.05) is 25.5 Å². The van der Waals surface area contributed by atoms with Crippen LogP contribution < -0.4 is 20.5 Å². The molecule has 2 rings (SSSR count). The Kier molecular flexibility index (Phi) is 8.56. The largest absolute Gasteiger partial charge is 0.490 e. The van der Waals surface area contributed by atoms with Crippen LogP contribution in [-0.2, 0) is 6.42 Å². The lowest BCUT2D eigenvalue weighted by Crippen LogP contribution is -2.26. The predicted molar refractivity (Wildman–Crippen MR) is 101 cm³/mol. The van der Waals surface area contributed by atoms with Crippen molar-refractivity contribution in [3.05, 3.63) is 47.8 Å². The zero-order valence-corrected chi connectivity index (χ0v) is 15.3. The quantitative estimate of drug-likeness (QED) is 0.751. The molecule has 0 fully saturated rings. The number of hydrogen-bond donors (Lipinski definition) is 2. The number of anilines is 1. The molecule has 0 saturated heterocycles. The number of halogens is 1. The van der Waals surface area contributed by atoms with E-state index in [1.807, 2.05) is 32.0 Å². The fourth-order valence-electron chi connectivity index (χ4n) is 2.20. The molecule has 0 spiro atoms. The number of nitrogen functional groups attached to an aromatic ring is 1. The van der Waals surface area contributed by atoms with E-state index in [-0.39, 0.29) is 18.3 Å². The molecule has 0 aliphatic rings. The summed E-state index contributed by atoms with van der Waals surface area (Å²) in [6.07, 6.45) is 2.16. The summed E-state index contributed by atoms with van der Waals surface area (Å²) in [5.41, 5.74) is 7.51. The Balaban J connectivity index is 0.00000312. The first-order valence-electron chi connectivity index (χ1n) is 8.02. The molecule has 0 atom stereocenters. The van der Waals surface area contributed by atoms with Crippen molar-refractivity contribution in [3.8, 4) is 11.5 Å². The molecule has 1 heterocycles. The number of pyridine rings is 1. The third-order valence-electron chi connectivity index (χ3n) is 3.33. The Morgan fingerprint density at radius 3 is 2.48 bits per heavy atom. The summed E-state index contributed by atoms with van der Waals surface area (Å²) in [5.74, 6) is 1.24. The van der Waals surface area contributed by atoms with Crippen LogP contribution in [0.2, 0.25) is 0 Å². The summed E-state index contributed by atoms with van der Waals surface area (Å²) in [6.45, 7) is 5.53. The maximum atomic E-state index is 12.0. The van der Waals surface area contributed by atoms with Crippen LogP contribution >= 0.6 is 12.4 Å². The summed E-state index contributed by atoms with van der Waals surface area (Å²) in [4.78, 5) is 16.0. The van der Waals surface area contributed by atoms with Crippen LogP contribution in [0.15, 0.2) is 36.5 Å². The molecule has 0 saturated carbocycles. The lowest BCUT2D eigenvalue weighted by molar-refractivity contribution is 0.0949. The number of aromatic nitrogens is 1. The third-order valence-corrected chi connectivity index (χ3v) is 3.33. The predicted octanol–water partition coefficient (Wildman–Crippen LogP) is 2.86. The van der Waals surface area contributed by atoms with Crippen molar-refractivity contribution in [2.45, 2.75) is 20.3 Å². The molecule has 1 aromatic heterocycles. The zero-order valence-electron chi connectivity index (χ0n) is 14.5. The highest BCUT2D eigenvalue weighted by Crippen LogP contribution is 2.28. The van der Waals surface area contributed by atoms with Crippen LogP contribution in [0.25, 0.3) is 0 Å². The molecule has 3 N–H and O–H groups in total. The van der Waals surface area contributed by atoms with Crippen molar-refractivity contribution < 1.29 is 14.3 Å². The van der Waals surface area contributed by atoms with Crippen LogP contribution in [0.5, 0.6) is 11.5 Å². The number of ether oxygens (including phenoxy) is 2. The van der Waals surface area contributed by atoms with Crippen molar-refractivity contribution in [1.29, 1.82) is 0 Å². The van der Waals surface area contributed by atoms with E-state index in [1.165, 1.54) is 6.20 Å². The SMILES string of the molecule is CCOc1ccc(CCNC(=O)c2ccc(N)cn2)cc1OCC.Cl. The number of hydrogen-bond acceptors (Lipinski definition) is 5. The Hall–Kier alpha value is -2.47. The van der Waals surface area contributed by atoms with Gasteiger partial charge in [-0.1, -0.05) is 6.07 Å². The molecule has 0 aliphatic carbocycles. The van der Waals surface area contributed by atoms with Crippen molar-refractivity contribution in [3.63, 3.8) is 0 Å². The van der Waals surface area contributed by atoms with Gasteiger partial charge in [0.2, 0.25) is 0 Å². The molecule has 0 bridgehead atoms. The second-order valence-corrected chi connectivity index (χ2v) is 5.13. The summed E-state index contributed by atoms with van der Waals surface area (Å²) in [6, 6.07) is 9.08. The van der Waals surface area contributed by atoms with Gasteiger partial charge in [0.25, 0.3) is 5.91 Å². The van der Waals surface area contributed by atoms with E-state index in [2.05, 4.69) is 10.3 Å². The number of nitrogens with zero attached hydrogens (tertiary/aromatic N) is 1. The number of amides is 1. The minimum absolute atomic E-state index is 0. The van der Waals surface area contributed by atoms with Crippen LogP contribution in [0.4, 0.5) is 5.69 Å². The van der Waals surface area contributed by atoms with E-state index in [0.29, 0.717) is 37.6 Å². The highest BCUT2D eigenvalue weighted by Gasteiger charge is 2.08. The minimum atomic E-state index is -0.217. The summed E-state index contributed by atoms with van der Waals surface area (Å²) in [5, 5.41) is 2.84. The zero-order chi connectivity index (χ0) is 17.4. The Morgan fingerprint density at radius 1 is 1.12 bits per heavy atom. The Labute approximate surface area is 154 Å². The minimum Gasteiger partial charge on any atom is -0.490 e. The lowest BCUT2D eigenvalue weighted by atomic mass is 10.1. The fourth-order valence-corrected chi connectivity index (χ4v) is 2.20. The number of carbonyl (C=O) groups is 1. The molecular formula is C18H24ClN3O3. The second kappa shape index (κ2) is 10.4. The van der Waals surface area contributed by atoms with Gasteiger partial charge < -0.3 is 20.5 Å². The van der Waals surface area contributed by atoms with Gasteiger partial charge in [0.1, 0.15) is 5.69 Å². The summed E-state index contributed by atoms with van der Waals surface area (Å²) >= 11 is 0. The molecule has 1 aromatic carbocycles. The van der Waals surface area contributed by atoms with Crippen LogP contribution in [0.3, 0.4) is 0 Å². The van der Waals surface area contributed by atoms with Crippen LogP contribution in [0.1, 0.15) is 29.9 Å². The van der Waals surface area contributed by atoms with Crippen LogP contribution in [0, 0.1) is 0 Å². The normalized spacial score (nSPS) is 9.84. The first-order valence-corrected chi connectivity index (χ1v) is 8.02. The summed E-state index contributed by atoms with van der Waals surface area (Å²) in [7, 11) is 0. The maximum absolute atomic E-state index is 12.0. The van der Waals surface area contributed by atoms with Crippen molar-refractivity contribution in [2.24, 2.45) is 0 Å². The molecule has 136 valence electrons. The van der Waals surface area contributed by atoms with Gasteiger partial charge in [-0.2, -0.15) is 0 Å². The first kappa shape index (κ1) is 20.6. The molecule has 0 unspecified atom stereocenters. The van der Waals surface area contributed by atoms with Crippen molar-refractivity contribution in [1.82, 2.24) is 10.3 Å². The standard InChI is InChI=1S/C18H23N3O3.ClH/c1-3-23-16-8-5-13(11-17(16)24-4-2)9-10-20-18(22)15-7-6-14(19)12-21-15;/h5-8,11-12H,3-4,9-10,19H2,1-2H3,(H,20,22);1H. The molecule has 0 radical (unpaired) electrons. The van der Waals surface area contributed by atoms with Gasteiger partial charge in [0, 0.05) is 6.54 Å². The van der Waals surface area contributed by atoms with E-state index in [1.54, 1.807) is 12.1 Å². The Morgan fingerprint density at radius 2 is 1.84 bits per heavy atom. The number of benzene rings is 1. The number of nitrogens with two attached hydrogens (primary N) is 1. The lowest BCUT2D eigenvalue weighted by Gasteiger charge is -2.12. The first-order chi connectivity index (χ1) is 11.6. The van der Waals surface area contributed by atoms with Crippen molar-refractivity contribution >= 4 is 24.0 Å². The average molecular weight is 366 g/mol. The molecular weight excluding hydrogens is 342 g/mol. The molecule has 7 heteroatoms. The molecule has 1 amide bonds. The van der Waals surface area contributed by atoms with Gasteiger partial charge >= 0.3 is 0 Å². The maximum Gasteiger partial charge on any atom is 0.269 e. The molecule has 25 heavy (non-hydrogen) atoms. The van der Waals surface area contributed by atoms with E-state index in [9.17, 15) is 4.79 Å². The van der Waals surface area contributed by atoms with E-state index in [4.69, 9.17) is 15.2 Å². The second-order valence-electron chi connectivity index (χ2n) is 5.13. The van der Waals surface area contributed by atoms with Gasteiger partial charge in [0.15, 0.2) is 11.5 Å². The number of carbonyl (C=O) groups excluding carboxylic acids is 1. The molecule has 2 aromatic rings. The fraction of sp³-hybridized carbons (Fsp3) is 0.333. The molecule has 6 nitrogen and oxygen atoms in total. The van der Waals surface area contributed by atoms with Gasteiger partial charge in [-0.25, -0.2) is 4.98 Å². The van der Waals surface area contributed by atoms with Gasteiger partial charge in [-0.15, -0.1) is 12.4 Å². The smallest absolute Gasteiger partial charge is 0.269 e. The van der Waals surface area contributed by atoms with Gasteiger partial charge in [0.05, 0.1) is 25.1 Å². The average Bonchev–Trinajstić information content (AvgIpc) is 2.58. The van der Waals surface area contributed by atoms with Gasteiger partial charge in [-0.3, -0.25) is 4.79 Å². The Bertz CT molecular complexity index is 678. The number of rotatable bonds is 8. The van der Waals surface area contributed by atoms with Gasteiger partial charge in [-0.05, 0) is 50.1 Å². The number of nitrogens with one attached hydrogen (secondary N) is 1. The molecule has 0 aliphatic heterocycles. The van der Waals surface area contributed by atoms with E-state index < -0.39 is 0 Å². The topological polar surface area (TPSA) is 86.5 Å².